The largest absolute Gasteiger partial charge is 0.319 e. The third-order valence-corrected chi connectivity index (χ3v) is 3.36. The minimum Gasteiger partial charge on any atom is -0.319 e. The van der Waals surface area contributed by atoms with Gasteiger partial charge in [0.2, 0.25) is 0 Å². The fraction of sp³-hybridized carbons (Fsp3) is 0.133. The van der Waals surface area contributed by atoms with E-state index in [-0.39, 0.29) is 5.91 Å². The summed E-state index contributed by atoms with van der Waals surface area (Å²) < 4.78 is 1.61. The van der Waals surface area contributed by atoms with Gasteiger partial charge in [0.05, 0.1) is 11.2 Å². The van der Waals surface area contributed by atoms with Gasteiger partial charge in [0.1, 0.15) is 0 Å². The summed E-state index contributed by atoms with van der Waals surface area (Å²) >= 11 is 6.09. The molecule has 2 heterocycles. The van der Waals surface area contributed by atoms with Gasteiger partial charge >= 0.3 is 0 Å². The number of benzene rings is 1. The summed E-state index contributed by atoms with van der Waals surface area (Å²) in [4.78, 5) is 16.6. The van der Waals surface area contributed by atoms with E-state index < -0.39 is 0 Å². The summed E-state index contributed by atoms with van der Waals surface area (Å²) in [6.45, 7) is 1.84. The van der Waals surface area contributed by atoms with Crippen molar-refractivity contribution in [3.8, 4) is 0 Å². The van der Waals surface area contributed by atoms with Crippen molar-refractivity contribution in [3.63, 3.8) is 0 Å². The number of hydrogen-bond acceptors (Lipinski definition) is 3. The van der Waals surface area contributed by atoms with Crippen molar-refractivity contribution in [2.75, 3.05) is 5.32 Å². The fourth-order valence-electron chi connectivity index (χ4n) is 2.26. The van der Waals surface area contributed by atoms with Crippen LogP contribution in [0.3, 0.4) is 0 Å². The maximum Gasteiger partial charge on any atom is 0.276 e. The predicted molar refractivity (Wildman–Crippen MR) is 82.7 cm³/mol. The molecule has 1 N–H and O–H groups in total. The number of carbonyl (C=O) groups is 1. The molecule has 6 heteroatoms. The molecule has 21 heavy (non-hydrogen) atoms. The van der Waals surface area contributed by atoms with Crippen molar-refractivity contribution >= 4 is 34.1 Å². The molecule has 0 spiro atoms. The number of hydrogen-bond donors (Lipinski definition) is 1. The normalized spacial score (nSPS) is 10.8. The monoisotopic (exact) mass is 300 g/mol. The summed E-state index contributed by atoms with van der Waals surface area (Å²) in [7, 11) is 1.78. The topological polar surface area (TPSA) is 59.8 Å². The van der Waals surface area contributed by atoms with Gasteiger partial charge in [-0.1, -0.05) is 17.7 Å². The molecule has 0 fully saturated rings. The van der Waals surface area contributed by atoms with E-state index in [0.717, 1.165) is 10.9 Å². The standard InChI is InChI=1S/C15H13ClN4O/c1-9-8-20(2)19-13(9)15(21)18-12-7-11(16)6-10-4-3-5-17-14(10)12/h3-8H,1-2H3,(H,18,21). The Kier molecular flexibility index (Phi) is 3.35. The van der Waals surface area contributed by atoms with Gasteiger partial charge in [0.15, 0.2) is 5.69 Å². The number of aryl methyl sites for hydroxylation is 2. The second-order valence-electron chi connectivity index (χ2n) is 4.82. The summed E-state index contributed by atoms with van der Waals surface area (Å²) in [5.41, 5.74) is 2.48. The first-order valence-corrected chi connectivity index (χ1v) is 6.78. The van der Waals surface area contributed by atoms with Gasteiger partial charge in [-0.25, -0.2) is 0 Å². The summed E-state index contributed by atoms with van der Waals surface area (Å²) in [5.74, 6) is -0.276. The Morgan fingerprint density at radius 1 is 1.38 bits per heavy atom. The molecule has 0 unspecified atom stereocenters. The minimum absolute atomic E-state index is 0.276. The first-order chi connectivity index (χ1) is 10.0. The highest BCUT2D eigenvalue weighted by Gasteiger charge is 2.15. The van der Waals surface area contributed by atoms with E-state index in [4.69, 9.17) is 11.6 Å². The van der Waals surface area contributed by atoms with Crippen LogP contribution in [0, 0.1) is 6.92 Å². The number of halogens is 1. The van der Waals surface area contributed by atoms with Crippen molar-refractivity contribution < 1.29 is 4.79 Å². The minimum atomic E-state index is -0.276. The lowest BCUT2D eigenvalue weighted by Gasteiger charge is -2.08. The van der Waals surface area contributed by atoms with Crippen LogP contribution in [-0.2, 0) is 7.05 Å². The van der Waals surface area contributed by atoms with Gasteiger partial charge in [0.25, 0.3) is 5.91 Å². The number of nitrogens with one attached hydrogen (secondary N) is 1. The molecule has 0 atom stereocenters. The van der Waals surface area contributed by atoms with E-state index in [1.807, 2.05) is 25.1 Å². The van der Waals surface area contributed by atoms with Crippen LogP contribution in [0.5, 0.6) is 0 Å². The second-order valence-corrected chi connectivity index (χ2v) is 5.25. The molecule has 0 saturated carbocycles. The molecular formula is C15H13ClN4O. The van der Waals surface area contributed by atoms with Crippen LogP contribution in [0.4, 0.5) is 5.69 Å². The van der Waals surface area contributed by atoms with E-state index in [2.05, 4.69) is 15.4 Å². The quantitative estimate of drug-likeness (QED) is 0.790. The van der Waals surface area contributed by atoms with Crippen molar-refractivity contribution in [1.29, 1.82) is 0 Å². The Balaban J connectivity index is 2.02. The maximum absolute atomic E-state index is 12.3. The highest BCUT2D eigenvalue weighted by Crippen LogP contribution is 2.26. The smallest absolute Gasteiger partial charge is 0.276 e. The predicted octanol–water partition coefficient (Wildman–Crippen LogP) is 3.18. The molecule has 0 bridgehead atoms. The van der Waals surface area contributed by atoms with E-state index in [1.54, 1.807) is 30.2 Å². The van der Waals surface area contributed by atoms with Crippen molar-refractivity contribution in [2.24, 2.45) is 7.05 Å². The van der Waals surface area contributed by atoms with E-state index in [1.165, 1.54) is 0 Å². The zero-order chi connectivity index (χ0) is 15.0. The van der Waals surface area contributed by atoms with E-state index in [0.29, 0.717) is 21.9 Å². The Labute approximate surface area is 126 Å². The molecule has 0 saturated heterocycles. The highest BCUT2D eigenvalue weighted by molar-refractivity contribution is 6.32. The fourth-order valence-corrected chi connectivity index (χ4v) is 2.49. The van der Waals surface area contributed by atoms with Gasteiger partial charge in [0, 0.05) is 35.4 Å². The van der Waals surface area contributed by atoms with Gasteiger partial charge in [-0.3, -0.25) is 14.5 Å². The number of rotatable bonds is 2. The number of amides is 1. The average molecular weight is 301 g/mol. The van der Waals surface area contributed by atoms with Crippen LogP contribution in [0.25, 0.3) is 10.9 Å². The summed E-state index contributed by atoms with van der Waals surface area (Å²) in [6.07, 6.45) is 3.47. The van der Waals surface area contributed by atoms with Crippen molar-refractivity contribution in [1.82, 2.24) is 14.8 Å². The summed E-state index contributed by atoms with van der Waals surface area (Å²) in [6, 6.07) is 7.22. The lowest BCUT2D eigenvalue weighted by Crippen LogP contribution is -2.14. The lowest BCUT2D eigenvalue weighted by atomic mass is 10.2. The Morgan fingerprint density at radius 2 is 2.19 bits per heavy atom. The molecule has 5 nitrogen and oxygen atoms in total. The molecule has 1 aromatic carbocycles. The zero-order valence-corrected chi connectivity index (χ0v) is 12.3. The number of anilines is 1. The van der Waals surface area contributed by atoms with Gasteiger partial charge in [-0.2, -0.15) is 5.10 Å². The average Bonchev–Trinajstić information content (AvgIpc) is 2.77. The van der Waals surface area contributed by atoms with Crippen LogP contribution in [0.1, 0.15) is 16.1 Å². The summed E-state index contributed by atoms with van der Waals surface area (Å²) in [5, 5.41) is 8.41. The molecular weight excluding hydrogens is 288 g/mol. The first kappa shape index (κ1) is 13.6. The van der Waals surface area contributed by atoms with Crippen LogP contribution in [0.2, 0.25) is 5.02 Å². The van der Waals surface area contributed by atoms with Crippen molar-refractivity contribution in [3.05, 3.63) is 52.9 Å². The molecule has 0 aliphatic heterocycles. The van der Waals surface area contributed by atoms with Crippen molar-refractivity contribution in [2.45, 2.75) is 6.92 Å². The molecule has 0 aliphatic carbocycles. The molecule has 2 aromatic heterocycles. The number of aromatic nitrogens is 3. The van der Waals surface area contributed by atoms with Gasteiger partial charge < -0.3 is 5.32 Å². The molecule has 3 aromatic rings. The molecule has 0 aliphatic rings. The lowest BCUT2D eigenvalue weighted by molar-refractivity contribution is 0.102. The Hall–Kier alpha value is -2.40. The third kappa shape index (κ3) is 2.60. The van der Waals surface area contributed by atoms with Crippen LogP contribution in [-0.4, -0.2) is 20.7 Å². The van der Waals surface area contributed by atoms with Gasteiger partial charge in [-0.15, -0.1) is 0 Å². The molecule has 1 amide bonds. The van der Waals surface area contributed by atoms with Crippen LogP contribution >= 0.6 is 11.6 Å². The molecule has 106 valence electrons. The van der Waals surface area contributed by atoms with E-state index >= 15 is 0 Å². The zero-order valence-electron chi connectivity index (χ0n) is 11.6. The SMILES string of the molecule is Cc1cn(C)nc1C(=O)Nc1cc(Cl)cc2cccnc12. The highest BCUT2D eigenvalue weighted by atomic mass is 35.5. The Bertz CT molecular complexity index is 841. The maximum atomic E-state index is 12.3. The van der Waals surface area contributed by atoms with E-state index in [9.17, 15) is 4.79 Å². The second kappa shape index (κ2) is 5.18. The number of nitrogens with zero attached hydrogens (tertiary/aromatic N) is 3. The van der Waals surface area contributed by atoms with Gasteiger partial charge in [-0.05, 0) is 25.1 Å². The number of pyridine rings is 1. The van der Waals surface area contributed by atoms with Crippen LogP contribution < -0.4 is 5.32 Å². The van der Waals surface area contributed by atoms with Crippen LogP contribution in [0.15, 0.2) is 36.7 Å². The number of carbonyl (C=O) groups excluding carboxylic acids is 1. The first-order valence-electron chi connectivity index (χ1n) is 6.40. The Morgan fingerprint density at radius 3 is 2.90 bits per heavy atom. The number of fused-ring (bicyclic) bond motifs is 1. The molecule has 3 rings (SSSR count). The third-order valence-electron chi connectivity index (χ3n) is 3.14. The molecule has 0 radical (unpaired) electrons.